The summed E-state index contributed by atoms with van der Waals surface area (Å²) in [5, 5.41) is 9.38. The highest BCUT2D eigenvalue weighted by molar-refractivity contribution is 7.92. The van der Waals surface area contributed by atoms with E-state index in [-0.39, 0.29) is 41.6 Å². The lowest BCUT2D eigenvalue weighted by Gasteiger charge is -2.42. The van der Waals surface area contributed by atoms with Crippen molar-refractivity contribution in [3.8, 4) is 17.0 Å². The molecule has 1 fully saturated rings. The summed E-state index contributed by atoms with van der Waals surface area (Å²) in [6, 6.07) is 10.5. The molecule has 7 nitrogen and oxygen atoms in total. The third kappa shape index (κ3) is 6.89. The molecule has 0 bridgehead atoms. The normalized spacial score (nSPS) is 19.0. The number of carboxylic acids is 1. The van der Waals surface area contributed by atoms with Gasteiger partial charge in [-0.2, -0.15) is 26.3 Å². The molecule has 0 radical (unpaired) electrons. The predicted molar refractivity (Wildman–Crippen MR) is 145 cm³/mol. The molecule has 1 aliphatic rings. The van der Waals surface area contributed by atoms with Crippen molar-refractivity contribution in [1.82, 2.24) is 4.98 Å². The molecule has 0 aliphatic heterocycles. The Hall–Kier alpha value is -3.81. The minimum absolute atomic E-state index is 0.00162. The topological polar surface area (TPSA) is 96.8 Å². The highest BCUT2D eigenvalue weighted by atomic mass is 32.2. The van der Waals surface area contributed by atoms with Crippen LogP contribution in [0.15, 0.2) is 65.6 Å². The molecule has 0 atom stereocenters. The molecule has 0 unspecified atom stereocenters. The van der Waals surface area contributed by atoms with Crippen molar-refractivity contribution in [2.24, 2.45) is 11.3 Å². The number of halogens is 6. The first-order valence-electron chi connectivity index (χ1n) is 13.1. The number of carboxylic acid groups (broad SMARTS) is 1. The standard InChI is InChI=1S/C29H28F6N2O5S/c1-27(26(38)39)16-18(17-27)6-5-13-37(43(40,41)21-8-3-7-20(15-21)28(30,31)32)23-14-19(11-12-24(23)42-2)22-9-4-10-25(36-22)29(33,34)35/h3-4,7-12,14-15,18H,5-6,13,16-17H2,1-2H3,(H,38,39). The number of aromatic nitrogens is 1. The summed E-state index contributed by atoms with van der Waals surface area (Å²) in [6.45, 7) is 1.39. The first kappa shape index (κ1) is 32.1. The predicted octanol–water partition coefficient (Wildman–Crippen LogP) is 7.27. The molecule has 1 aliphatic carbocycles. The van der Waals surface area contributed by atoms with Crippen LogP contribution < -0.4 is 9.04 Å². The van der Waals surface area contributed by atoms with Crippen molar-refractivity contribution in [2.45, 2.75) is 49.9 Å². The van der Waals surface area contributed by atoms with Gasteiger partial charge in [0.15, 0.2) is 0 Å². The average molecular weight is 631 g/mol. The van der Waals surface area contributed by atoms with Crippen molar-refractivity contribution in [2.75, 3.05) is 18.0 Å². The van der Waals surface area contributed by atoms with E-state index in [1.54, 1.807) is 6.92 Å². The third-order valence-corrected chi connectivity index (χ3v) is 9.31. The van der Waals surface area contributed by atoms with Gasteiger partial charge in [-0.3, -0.25) is 9.10 Å². The van der Waals surface area contributed by atoms with Gasteiger partial charge >= 0.3 is 18.3 Å². The number of rotatable bonds is 10. The zero-order valence-corrected chi connectivity index (χ0v) is 23.9. The number of alkyl halides is 6. The minimum Gasteiger partial charge on any atom is -0.495 e. The highest BCUT2D eigenvalue weighted by Gasteiger charge is 2.46. The Bertz CT molecular complexity index is 1600. The van der Waals surface area contributed by atoms with E-state index < -0.39 is 49.9 Å². The number of benzene rings is 2. The zero-order valence-electron chi connectivity index (χ0n) is 23.0. The lowest BCUT2D eigenvalue weighted by atomic mass is 9.62. The molecule has 43 heavy (non-hydrogen) atoms. The smallest absolute Gasteiger partial charge is 0.433 e. The van der Waals surface area contributed by atoms with Crippen LogP contribution in [0.3, 0.4) is 0 Å². The Labute approximate surface area is 244 Å². The number of methoxy groups -OCH3 is 1. The van der Waals surface area contributed by atoms with Crippen LogP contribution in [0.4, 0.5) is 32.0 Å². The number of sulfonamides is 1. The Balaban J connectivity index is 1.75. The molecule has 1 aromatic heterocycles. The molecule has 14 heteroatoms. The largest absolute Gasteiger partial charge is 0.495 e. The summed E-state index contributed by atoms with van der Waals surface area (Å²) in [6.07, 6.45) is -8.11. The van der Waals surface area contributed by atoms with Crippen molar-refractivity contribution in [3.05, 3.63) is 71.9 Å². The molecule has 232 valence electrons. The molecule has 1 heterocycles. The van der Waals surface area contributed by atoms with Crippen LogP contribution >= 0.6 is 0 Å². The number of pyridine rings is 1. The summed E-state index contributed by atoms with van der Waals surface area (Å²) < 4.78 is 114. The quantitative estimate of drug-likeness (QED) is 0.237. The lowest BCUT2D eigenvalue weighted by molar-refractivity contribution is -0.156. The van der Waals surface area contributed by atoms with Gasteiger partial charge in [-0.15, -0.1) is 0 Å². The van der Waals surface area contributed by atoms with E-state index >= 15 is 0 Å². The second-order valence-electron chi connectivity index (χ2n) is 10.7. The molecule has 4 rings (SSSR count). The number of aliphatic carboxylic acids is 1. The third-order valence-electron chi connectivity index (χ3n) is 7.50. The molecular formula is C29H28F6N2O5S. The molecule has 0 saturated heterocycles. The lowest BCUT2D eigenvalue weighted by Crippen LogP contribution is -2.41. The van der Waals surface area contributed by atoms with E-state index in [9.17, 15) is 44.7 Å². The summed E-state index contributed by atoms with van der Waals surface area (Å²) in [7, 11) is -3.42. The van der Waals surface area contributed by atoms with Crippen molar-refractivity contribution in [3.63, 3.8) is 0 Å². The fourth-order valence-corrected chi connectivity index (χ4v) is 6.80. The maximum absolute atomic E-state index is 13.9. The van der Waals surface area contributed by atoms with Crippen LogP contribution in [0.5, 0.6) is 5.75 Å². The molecule has 3 aromatic rings. The van der Waals surface area contributed by atoms with Crippen molar-refractivity contribution < 1.29 is 49.4 Å². The molecule has 1 N–H and O–H groups in total. The number of hydrogen-bond acceptors (Lipinski definition) is 5. The Morgan fingerprint density at radius 3 is 2.30 bits per heavy atom. The first-order chi connectivity index (χ1) is 20.0. The van der Waals surface area contributed by atoms with Gasteiger partial charge in [0, 0.05) is 12.1 Å². The maximum atomic E-state index is 13.9. The fourth-order valence-electron chi connectivity index (χ4n) is 5.24. The van der Waals surface area contributed by atoms with Gasteiger partial charge in [-0.25, -0.2) is 13.4 Å². The van der Waals surface area contributed by atoms with Crippen LogP contribution in [0.1, 0.15) is 43.9 Å². The van der Waals surface area contributed by atoms with Gasteiger partial charge in [0.2, 0.25) is 0 Å². The van der Waals surface area contributed by atoms with Gasteiger partial charge in [0.25, 0.3) is 10.0 Å². The van der Waals surface area contributed by atoms with E-state index in [1.807, 2.05) is 0 Å². The minimum atomic E-state index is -4.82. The SMILES string of the molecule is COc1ccc(-c2cccc(C(F)(F)F)n2)cc1N(CCCC1CC(C)(C(=O)O)C1)S(=O)(=O)c1cccc(C(F)(F)F)c1. The number of carbonyl (C=O) groups is 1. The van der Waals surface area contributed by atoms with Crippen LogP contribution in [-0.2, 0) is 27.2 Å². The van der Waals surface area contributed by atoms with Crippen molar-refractivity contribution in [1.29, 1.82) is 0 Å². The molecule has 2 aromatic carbocycles. The number of ether oxygens (including phenoxy) is 1. The number of anilines is 1. The van der Waals surface area contributed by atoms with Crippen LogP contribution in [0.2, 0.25) is 0 Å². The highest BCUT2D eigenvalue weighted by Crippen LogP contribution is 2.48. The Morgan fingerprint density at radius 1 is 1.02 bits per heavy atom. The van der Waals surface area contributed by atoms with Gasteiger partial charge in [0.05, 0.1) is 34.4 Å². The Kier molecular flexibility index (Phi) is 8.74. The summed E-state index contributed by atoms with van der Waals surface area (Å²) in [4.78, 5) is 14.5. The number of nitrogens with zero attached hydrogens (tertiary/aromatic N) is 2. The summed E-state index contributed by atoms with van der Waals surface area (Å²) in [5.74, 6) is -0.919. The molecule has 0 spiro atoms. The van der Waals surface area contributed by atoms with E-state index in [0.29, 0.717) is 25.3 Å². The molecule has 0 amide bonds. The Morgan fingerprint density at radius 2 is 1.70 bits per heavy atom. The zero-order chi connectivity index (χ0) is 31.8. The monoisotopic (exact) mass is 630 g/mol. The van der Waals surface area contributed by atoms with Crippen LogP contribution in [0.25, 0.3) is 11.3 Å². The second kappa shape index (κ2) is 11.7. The molecular weight excluding hydrogens is 602 g/mol. The van der Waals surface area contributed by atoms with Gasteiger partial charge in [-0.05, 0) is 87.1 Å². The van der Waals surface area contributed by atoms with E-state index in [2.05, 4.69) is 4.98 Å². The summed E-state index contributed by atoms with van der Waals surface area (Å²) in [5.41, 5.74) is -3.32. The summed E-state index contributed by atoms with van der Waals surface area (Å²) >= 11 is 0. The van der Waals surface area contributed by atoms with E-state index in [1.165, 1.54) is 31.4 Å². The number of hydrogen-bond donors (Lipinski definition) is 1. The van der Waals surface area contributed by atoms with Crippen molar-refractivity contribution >= 4 is 21.7 Å². The maximum Gasteiger partial charge on any atom is 0.433 e. The second-order valence-corrected chi connectivity index (χ2v) is 12.5. The van der Waals surface area contributed by atoms with E-state index in [4.69, 9.17) is 4.74 Å². The van der Waals surface area contributed by atoms with Gasteiger partial charge < -0.3 is 9.84 Å². The van der Waals surface area contributed by atoms with Gasteiger partial charge in [-0.1, -0.05) is 12.1 Å². The molecule has 1 saturated carbocycles. The van der Waals surface area contributed by atoms with Gasteiger partial charge in [0.1, 0.15) is 11.4 Å². The first-order valence-corrected chi connectivity index (χ1v) is 14.6. The van der Waals surface area contributed by atoms with Crippen LogP contribution in [0, 0.1) is 11.3 Å². The fraction of sp³-hybridized carbons (Fsp3) is 0.379. The average Bonchev–Trinajstić information content (AvgIpc) is 2.92. The van der Waals surface area contributed by atoms with Crippen LogP contribution in [-0.4, -0.2) is 38.1 Å². The van der Waals surface area contributed by atoms with E-state index in [0.717, 1.165) is 34.6 Å².